The van der Waals surface area contributed by atoms with Crippen molar-refractivity contribution < 1.29 is 49.7 Å². The van der Waals surface area contributed by atoms with Gasteiger partial charge in [0.2, 0.25) is 0 Å². The van der Waals surface area contributed by atoms with E-state index in [1.807, 2.05) is 6.92 Å². The Morgan fingerprint density at radius 2 is 1.42 bits per heavy atom. The predicted octanol–water partition coefficient (Wildman–Crippen LogP) is 7.46. The van der Waals surface area contributed by atoms with Crippen LogP contribution in [0.4, 0.5) is 30.7 Å². The smallest absolute Gasteiger partial charge is 0.432 e. The van der Waals surface area contributed by atoms with Gasteiger partial charge in [-0.1, -0.05) is 31.2 Å². The third-order valence-electron chi connectivity index (χ3n) is 5.66. The molecule has 1 aliphatic heterocycles. The van der Waals surface area contributed by atoms with Gasteiger partial charge < -0.3 is 18.9 Å². The lowest BCUT2D eigenvalue weighted by Gasteiger charge is -2.27. The van der Waals surface area contributed by atoms with Gasteiger partial charge in [-0.15, -0.1) is 0 Å². The quantitative estimate of drug-likeness (QED) is 0.207. The molecule has 3 aromatic carbocycles. The van der Waals surface area contributed by atoms with E-state index in [4.69, 9.17) is 14.2 Å². The Balaban J connectivity index is 1.53. The van der Waals surface area contributed by atoms with E-state index >= 15 is 0 Å². The Hall–Kier alpha value is -3.31. The van der Waals surface area contributed by atoms with Crippen LogP contribution < -0.4 is 9.47 Å². The highest BCUT2D eigenvalue weighted by Crippen LogP contribution is 2.39. The van der Waals surface area contributed by atoms with Gasteiger partial charge >= 0.3 is 6.11 Å². The summed E-state index contributed by atoms with van der Waals surface area (Å²) in [5, 5.41) is 0. The van der Waals surface area contributed by atoms with Gasteiger partial charge in [0.15, 0.2) is 23.7 Å². The summed E-state index contributed by atoms with van der Waals surface area (Å²) in [4.78, 5) is 0. The lowest BCUT2D eigenvalue weighted by atomic mass is 10.0. The topological polar surface area (TPSA) is 36.9 Å². The van der Waals surface area contributed by atoms with Gasteiger partial charge in [0.25, 0.3) is 0 Å². The van der Waals surface area contributed by atoms with Crippen molar-refractivity contribution in [1.82, 2.24) is 0 Å². The molecule has 0 spiro atoms. The van der Waals surface area contributed by atoms with Crippen LogP contribution in [0.1, 0.15) is 30.8 Å². The lowest BCUT2D eigenvalue weighted by molar-refractivity contribution is -0.202. The normalized spacial score (nSPS) is 17.9. The van der Waals surface area contributed by atoms with Crippen LogP contribution in [-0.4, -0.2) is 26.5 Å². The van der Waals surface area contributed by atoms with Crippen molar-refractivity contribution in [3.05, 3.63) is 82.9 Å². The van der Waals surface area contributed by atoms with Gasteiger partial charge in [0, 0.05) is 30.0 Å². The summed E-state index contributed by atoms with van der Waals surface area (Å²) in [6.45, 7) is 1.85. The summed E-state index contributed by atoms with van der Waals surface area (Å²) >= 11 is 0. The summed E-state index contributed by atoms with van der Waals surface area (Å²) in [6.07, 6.45) is -5.35. The lowest BCUT2D eigenvalue weighted by Crippen LogP contribution is -2.25. The summed E-state index contributed by atoms with van der Waals surface area (Å²) < 4.78 is 120. The molecule has 3 aromatic rings. The fourth-order valence-electron chi connectivity index (χ4n) is 3.80. The van der Waals surface area contributed by atoms with E-state index in [2.05, 4.69) is 4.74 Å². The predicted molar refractivity (Wildman–Crippen MR) is 123 cm³/mol. The van der Waals surface area contributed by atoms with Crippen LogP contribution in [-0.2, 0) is 15.6 Å². The second-order valence-corrected chi connectivity index (χ2v) is 8.77. The highest BCUT2D eigenvalue weighted by molar-refractivity contribution is 5.64. The average molecular weight is 544 g/mol. The number of alkyl halides is 3. The van der Waals surface area contributed by atoms with Crippen molar-refractivity contribution in [2.75, 3.05) is 26.5 Å². The van der Waals surface area contributed by atoms with Gasteiger partial charge in [-0.2, -0.15) is 8.78 Å². The van der Waals surface area contributed by atoms with Gasteiger partial charge in [0.05, 0.1) is 26.5 Å². The van der Waals surface area contributed by atoms with E-state index < -0.39 is 59.4 Å². The van der Waals surface area contributed by atoms with Crippen LogP contribution in [0.15, 0.2) is 48.5 Å². The minimum absolute atomic E-state index is 0.0305. The minimum Gasteiger partial charge on any atom is -0.488 e. The highest BCUT2D eigenvalue weighted by atomic mass is 19.3. The molecule has 4 nitrogen and oxygen atoms in total. The van der Waals surface area contributed by atoms with Crippen molar-refractivity contribution in [2.45, 2.75) is 25.7 Å². The summed E-state index contributed by atoms with van der Waals surface area (Å²) in [7, 11) is 0. The molecule has 0 amide bonds. The number of benzene rings is 3. The molecule has 0 atom stereocenters. The molecule has 4 rings (SSSR count). The Labute approximate surface area is 213 Å². The molecule has 204 valence electrons. The van der Waals surface area contributed by atoms with Crippen molar-refractivity contribution in [1.29, 1.82) is 0 Å². The molecule has 0 aromatic heterocycles. The van der Waals surface area contributed by atoms with Crippen LogP contribution in [0.25, 0.3) is 11.1 Å². The van der Waals surface area contributed by atoms with Gasteiger partial charge in [0.1, 0.15) is 22.9 Å². The second kappa shape index (κ2) is 11.6. The molecule has 1 fully saturated rings. The molecule has 38 heavy (non-hydrogen) atoms. The Morgan fingerprint density at radius 3 is 1.97 bits per heavy atom. The van der Waals surface area contributed by atoms with Crippen LogP contribution in [0, 0.1) is 29.2 Å². The van der Waals surface area contributed by atoms with E-state index in [1.54, 1.807) is 12.1 Å². The molecule has 11 heteroatoms. The number of ether oxygens (including phenoxy) is 4. The van der Waals surface area contributed by atoms with Gasteiger partial charge in [-0.3, -0.25) is 4.39 Å². The van der Waals surface area contributed by atoms with Gasteiger partial charge in [-0.05, 0) is 23.3 Å². The first-order chi connectivity index (χ1) is 18.1. The standard InChI is InChI=1S/C27H23F7O4/c1-15-13-36-26(37-14-15)17-5-3-16(4-6-17)18-9-20(29)24(21(30)10-18)27(33,34)38-19-11-22(31)25(23(32)12-19)35-8-2-7-28/h3-6,9-12,15,26H,2,7-8,13-14H2,1H3. The van der Waals surface area contributed by atoms with Crippen LogP contribution in [0.5, 0.6) is 11.5 Å². The first-order valence-corrected chi connectivity index (χ1v) is 11.7. The number of hydrogen-bond donors (Lipinski definition) is 0. The van der Waals surface area contributed by atoms with E-state index in [1.165, 1.54) is 12.1 Å². The molecule has 0 N–H and O–H groups in total. The molecule has 0 radical (unpaired) electrons. The second-order valence-electron chi connectivity index (χ2n) is 8.77. The van der Waals surface area contributed by atoms with Crippen molar-refractivity contribution in [3.63, 3.8) is 0 Å². The molecule has 0 bridgehead atoms. The number of hydrogen-bond acceptors (Lipinski definition) is 4. The van der Waals surface area contributed by atoms with Crippen LogP contribution in [0.3, 0.4) is 0 Å². The van der Waals surface area contributed by atoms with Crippen molar-refractivity contribution in [3.8, 4) is 22.6 Å². The van der Waals surface area contributed by atoms with E-state index in [-0.39, 0.29) is 24.5 Å². The maximum absolute atomic E-state index is 14.8. The largest absolute Gasteiger partial charge is 0.488 e. The fraction of sp³-hybridized carbons (Fsp3) is 0.333. The Morgan fingerprint density at radius 1 is 0.842 bits per heavy atom. The summed E-state index contributed by atoms with van der Waals surface area (Å²) in [5.74, 6) is -7.79. The van der Waals surface area contributed by atoms with Crippen molar-refractivity contribution in [2.24, 2.45) is 5.92 Å². The Bertz CT molecular complexity index is 1210. The zero-order chi connectivity index (χ0) is 27.4. The van der Waals surface area contributed by atoms with E-state index in [0.29, 0.717) is 48.6 Å². The van der Waals surface area contributed by atoms with Crippen LogP contribution in [0.2, 0.25) is 0 Å². The monoisotopic (exact) mass is 544 g/mol. The molecular weight excluding hydrogens is 521 g/mol. The highest BCUT2D eigenvalue weighted by Gasteiger charge is 2.41. The molecule has 1 aliphatic rings. The summed E-state index contributed by atoms with van der Waals surface area (Å²) in [5.41, 5.74) is -0.757. The first-order valence-electron chi connectivity index (χ1n) is 11.7. The van der Waals surface area contributed by atoms with E-state index in [9.17, 15) is 30.7 Å². The number of halogens is 7. The fourth-order valence-corrected chi connectivity index (χ4v) is 3.80. The SMILES string of the molecule is CC1COC(c2ccc(-c3cc(F)c(C(F)(F)Oc4cc(F)c(OCCCF)c(F)c4)c(F)c3)cc2)OC1. The maximum atomic E-state index is 14.8. The first kappa shape index (κ1) is 27.7. The van der Waals surface area contributed by atoms with E-state index in [0.717, 1.165) is 0 Å². The molecule has 0 aliphatic carbocycles. The van der Waals surface area contributed by atoms with Gasteiger partial charge in [-0.25, -0.2) is 17.6 Å². The maximum Gasteiger partial charge on any atom is 0.432 e. The molecule has 1 heterocycles. The molecule has 0 unspecified atom stereocenters. The van der Waals surface area contributed by atoms with Crippen LogP contribution >= 0.6 is 0 Å². The minimum atomic E-state index is -4.63. The third-order valence-corrected chi connectivity index (χ3v) is 5.66. The zero-order valence-electron chi connectivity index (χ0n) is 20.1. The number of rotatable bonds is 9. The average Bonchev–Trinajstić information content (AvgIpc) is 2.85. The molecule has 0 saturated carbocycles. The third kappa shape index (κ3) is 6.21. The molecule has 1 saturated heterocycles. The molecular formula is C27H23F7O4. The Kier molecular flexibility index (Phi) is 8.47. The summed E-state index contributed by atoms with van der Waals surface area (Å²) in [6, 6.07) is 8.46. The zero-order valence-corrected chi connectivity index (χ0v) is 20.1. The van der Waals surface area contributed by atoms with Crippen molar-refractivity contribution >= 4 is 0 Å².